The normalized spacial score (nSPS) is 12.5. The molecule has 0 radical (unpaired) electrons. The number of fused-ring (bicyclic) bond motifs is 1. The van der Waals surface area contributed by atoms with Crippen LogP contribution in [0.5, 0.6) is 0 Å². The first-order valence-electron chi connectivity index (χ1n) is 5.87. The highest BCUT2D eigenvalue weighted by Gasteiger charge is 2.10. The number of terminal acetylenes is 1. The highest BCUT2D eigenvalue weighted by Crippen LogP contribution is 2.28. The van der Waals surface area contributed by atoms with Gasteiger partial charge in [-0.15, -0.1) is 23.7 Å². The monoisotopic (exact) mass is 260 g/mol. The molecule has 0 bridgehead atoms. The molecule has 0 aliphatic carbocycles. The number of hydrogen-bond acceptors (Lipinski definition) is 2. The van der Waals surface area contributed by atoms with Gasteiger partial charge in [-0.2, -0.15) is 12.6 Å². The predicted octanol–water partition coefficient (Wildman–Crippen LogP) is 4.40. The maximum atomic E-state index is 5.60. The lowest BCUT2D eigenvalue weighted by Crippen LogP contribution is -2.01. The van der Waals surface area contributed by atoms with E-state index in [4.69, 9.17) is 6.42 Å². The first kappa shape index (κ1) is 12.5. The molecular weight excluding hydrogens is 244 g/mol. The van der Waals surface area contributed by atoms with E-state index in [-0.39, 0.29) is 0 Å². The minimum Gasteiger partial charge on any atom is -0.179 e. The quantitative estimate of drug-likeness (QED) is 0.598. The van der Waals surface area contributed by atoms with E-state index in [2.05, 4.69) is 48.2 Å². The van der Waals surface area contributed by atoms with Crippen molar-refractivity contribution in [3.63, 3.8) is 0 Å². The largest absolute Gasteiger partial charge is 0.179 e. The summed E-state index contributed by atoms with van der Waals surface area (Å²) in [6, 6.07) is 8.52. The summed E-state index contributed by atoms with van der Waals surface area (Å²) < 4.78 is 0. The van der Waals surface area contributed by atoms with Crippen molar-refractivity contribution in [1.29, 1.82) is 0 Å². The SMILES string of the molecule is C#CC(CCCS)Cc1scc2ccccc12. The molecular formula is C15H16S2. The summed E-state index contributed by atoms with van der Waals surface area (Å²) in [4.78, 5) is 1.42. The van der Waals surface area contributed by atoms with Gasteiger partial charge < -0.3 is 0 Å². The van der Waals surface area contributed by atoms with Crippen LogP contribution in [-0.2, 0) is 6.42 Å². The zero-order valence-electron chi connectivity index (χ0n) is 9.73. The van der Waals surface area contributed by atoms with Crippen LogP contribution in [0.4, 0.5) is 0 Å². The summed E-state index contributed by atoms with van der Waals surface area (Å²) in [5.41, 5.74) is 0. The van der Waals surface area contributed by atoms with Crippen molar-refractivity contribution >= 4 is 34.7 Å². The molecule has 1 aromatic carbocycles. The van der Waals surface area contributed by atoms with Crippen LogP contribution in [0.3, 0.4) is 0 Å². The van der Waals surface area contributed by atoms with Gasteiger partial charge in [0.05, 0.1) is 0 Å². The topological polar surface area (TPSA) is 0 Å². The van der Waals surface area contributed by atoms with Crippen LogP contribution in [0.1, 0.15) is 17.7 Å². The fourth-order valence-corrected chi connectivity index (χ4v) is 3.28. The van der Waals surface area contributed by atoms with Crippen LogP contribution in [0.2, 0.25) is 0 Å². The summed E-state index contributed by atoms with van der Waals surface area (Å²) in [6.45, 7) is 0. The summed E-state index contributed by atoms with van der Waals surface area (Å²) in [5.74, 6) is 4.18. The molecule has 0 saturated heterocycles. The number of thiophene rings is 1. The molecule has 1 heterocycles. The Morgan fingerprint density at radius 2 is 2.18 bits per heavy atom. The van der Waals surface area contributed by atoms with Gasteiger partial charge in [0.2, 0.25) is 0 Å². The summed E-state index contributed by atoms with van der Waals surface area (Å²) in [5, 5.41) is 4.91. The number of thiol groups is 1. The standard InChI is InChI=1S/C15H16S2/c1-2-12(6-5-9-16)10-15-14-8-4-3-7-13(14)11-17-15/h1,3-4,7-8,11-12,16H,5-6,9-10H2. The van der Waals surface area contributed by atoms with E-state index in [1.165, 1.54) is 15.6 Å². The molecule has 0 N–H and O–H groups in total. The van der Waals surface area contributed by atoms with E-state index in [1.54, 1.807) is 0 Å². The van der Waals surface area contributed by atoms with E-state index in [0.29, 0.717) is 5.92 Å². The highest BCUT2D eigenvalue weighted by atomic mass is 32.1. The van der Waals surface area contributed by atoms with Crippen molar-refractivity contribution < 1.29 is 0 Å². The molecule has 0 nitrogen and oxygen atoms in total. The maximum Gasteiger partial charge on any atom is 0.0249 e. The smallest absolute Gasteiger partial charge is 0.0249 e. The van der Waals surface area contributed by atoms with Crippen LogP contribution < -0.4 is 0 Å². The Morgan fingerprint density at radius 1 is 1.35 bits per heavy atom. The van der Waals surface area contributed by atoms with Crippen molar-refractivity contribution in [2.45, 2.75) is 19.3 Å². The molecule has 2 heteroatoms. The fourth-order valence-electron chi connectivity index (χ4n) is 2.02. The minimum absolute atomic E-state index is 0.351. The maximum absolute atomic E-state index is 5.60. The Morgan fingerprint density at radius 3 is 2.94 bits per heavy atom. The molecule has 1 unspecified atom stereocenters. The molecule has 0 saturated carbocycles. The lowest BCUT2D eigenvalue weighted by Gasteiger charge is -2.08. The average Bonchev–Trinajstić information content (AvgIpc) is 2.78. The molecule has 1 atom stereocenters. The van der Waals surface area contributed by atoms with E-state index in [1.807, 2.05) is 11.3 Å². The lowest BCUT2D eigenvalue weighted by molar-refractivity contribution is 0.606. The zero-order chi connectivity index (χ0) is 12.1. The third kappa shape index (κ3) is 3.06. The number of benzene rings is 1. The summed E-state index contributed by atoms with van der Waals surface area (Å²) in [7, 11) is 0. The van der Waals surface area contributed by atoms with Gasteiger partial charge in [0.1, 0.15) is 0 Å². The Bertz CT molecular complexity index is 519. The first-order valence-corrected chi connectivity index (χ1v) is 7.38. The van der Waals surface area contributed by atoms with Crippen LogP contribution in [0.25, 0.3) is 10.8 Å². The zero-order valence-corrected chi connectivity index (χ0v) is 11.4. The van der Waals surface area contributed by atoms with Gasteiger partial charge in [-0.1, -0.05) is 24.3 Å². The Balaban J connectivity index is 2.15. The summed E-state index contributed by atoms with van der Waals surface area (Å²) >= 11 is 6.07. The molecule has 1 aromatic heterocycles. The van der Waals surface area contributed by atoms with Gasteiger partial charge in [0.25, 0.3) is 0 Å². The van der Waals surface area contributed by atoms with E-state index >= 15 is 0 Å². The van der Waals surface area contributed by atoms with Crippen LogP contribution in [0, 0.1) is 18.3 Å². The number of hydrogen-bond donors (Lipinski definition) is 1. The van der Waals surface area contributed by atoms with Crippen LogP contribution in [-0.4, -0.2) is 5.75 Å². The van der Waals surface area contributed by atoms with Gasteiger partial charge in [0.15, 0.2) is 0 Å². The van der Waals surface area contributed by atoms with Crippen molar-refractivity contribution in [2.24, 2.45) is 5.92 Å². The summed E-state index contributed by atoms with van der Waals surface area (Å²) in [6.07, 6.45) is 8.78. The highest BCUT2D eigenvalue weighted by molar-refractivity contribution is 7.80. The van der Waals surface area contributed by atoms with Crippen molar-refractivity contribution in [1.82, 2.24) is 0 Å². The predicted molar refractivity (Wildman–Crippen MR) is 80.9 cm³/mol. The van der Waals surface area contributed by atoms with Crippen molar-refractivity contribution in [3.8, 4) is 12.3 Å². The van der Waals surface area contributed by atoms with Crippen LogP contribution in [0.15, 0.2) is 29.6 Å². The van der Waals surface area contributed by atoms with Gasteiger partial charge in [-0.3, -0.25) is 0 Å². The molecule has 2 rings (SSSR count). The minimum atomic E-state index is 0.351. The molecule has 0 fully saturated rings. The molecule has 0 amide bonds. The third-order valence-electron chi connectivity index (χ3n) is 2.97. The molecule has 0 aliphatic rings. The molecule has 88 valence electrons. The lowest BCUT2D eigenvalue weighted by atomic mass is 9.98. The third-order valence-corrected chi connectivity index (χ3v) is 4.33. The van der Waals surface area contributed by atoms with Crippen molar-refractivity contribution in [2.75, 3.05) is 5.75 Å². The average molecular weight is 260 g/mol. The van der Waals surface area contributed by atoms with E-state index in [9.17, 15) is 0 Å². The van der Waals surface area contributed by atoms with E-state index < -0.39 is 0 Å². The molecule has 2 aromatic rings. The van der Waals surface area contributed by atoms with E-state index in [0.717, 1.165) is 25.0 Å². The van der Waals surface area contributed by atoms with Gasteiger partial charge in [-0.05, 0) is 41.2 Å². The number of rotatable bonds is 5. The molecule has 0 aliphatic heterocycles. The Kier molecular flexibility index (Phi) is 4.53. The molecule has 0 spiro atoms. The Hall–Kier alpha value is -0.910. The van der Waals surface area contributed by atoms with Gasteiger partial charge >= 0.3 is 0 Å². The van der Waals surface area contributed by atoms with Gasteiger partial charge in [-0.25, -0.2) is 0 Å². The van der Waals surface area contributed by atoms with Crippen LogP contribution >= 0.6 is 24.0 Å². The fraction of sp³-hybridized carbons (Fsp3) is 0.333. The second-order valence-corrected chi connectivity index (χ2v) is 5.59. The second kappa shape index (κ2) is 6.14. The molecule has 17 heavy (non-hydrogen) atoms. The van der Waals surface area contributed by atoms with Crippen molar-refractivity contribution in [3.05, 3.63) is 34.5 Å². The first-order chi connectivity index (χ1) is 8.35. The Labute approximate surface area is 112 Å². The van der Waals surface area contributed by atoms with Gasteiger partial charge in [0, 0.05) is 10.8 Å². The second-order valence-electron chi connectivity index (χ2n) is 4.18.